The van der Waals surface area contributed by atoms with Crippen LogP contribution >= 0.6 is 15.9 Å². The normalized spacial score (nSPS) is 10.7. The number of hydrogen-bond acceptors (Lipinski definition) is 2. The van der Waals surface area contributed by atoms with Crippen LogP contribution < -0.4 is 0 Å². The Balaban J connectivity index is 2.34. The first-order valence-electron chi connectivity index (χ1n) is 5.07. The van der Waals surface area contributed by atoms with Crippen LogP contribution in [0, 0.1) is 5.82 Å². The Hall–Kier alpha value is -1.23. The molecular formula is C11H11BrFN3. The number of aromatic amines is 1. The van der Waals surface area contributed by atoms with Gasteiger partial charge in [0.25, 0.3) is 0 Å². The van der Waals surface area contributed by atoms with Crippen molar-refractivity contribution in [3.63, 3.8) is 0 Å². The van der Waals surface area contributed by atoms with Crippen molar-refractivity contribution in [2.45, 2.75) is 19.8 Å². The lowest BCUT2D eigenvalue weighted by atomic mass is 10.2. The van der Waals surface area contributed by atoms with Gasteiger partial charge in [0.2, 0.25) is 0 Å². The van der Waals surface area contributed by atoms with Crippen molar-refractivity contribution >= 4 is 15.9 Å². The van der Waals surface area contributed by atoms with Gasteiger partial charge < -0.3 is 0 Å². The standard InChI is InChI=1S/C11H11BrFN3/c1-2-3-10-14-11(16-15-10)7-4-8(12)6-9(13)5-7/h4-6H,2-3H2,1H3,(H,14,15,16). The van der Waals surface area contributed by atoms with E-state index in [0.29, 0.717) is 15.9 Å². The lowest BCUT2D eigenvalue weighted by Crippen LogP contribution is -1.86. The van der Waals surface area contributed by atoms with Crippen LogP contribution in [0.5, 0.6) is 0 Å². The van der Waals surface area contributed by atoms with E-state index in [4.69, 9.17) is 0 Å². The third-order valence-electron chi connectivity index (χ3n) is 2.14. The van der Waals surface area contributed by atoms with Gasteiger partial charge in [0.05, 0.1) is 0 Å². The minimum absolute atomic E-state index is 0.300. The second kappa shape index (κ2) is 4.74. The van der Waals surface area contributed by atoms with Crippen molar-refractivity contribution in [1.29, 1.82) is 0 Å². The zero-order valence-corrected chi connectivity index (χ0v) is 10.4. The first-order chi connectivity index (χ1) is 7.69. The van der Waals surface area contributed by atoms with Crippen molar-refractivity contribution in [2.75, 3.05) is 0 Å². The maximum absolute atomic E-state index is 13.2. The van der Waals surface area contributed by atoms with E-state index in [9.17, 15) is 4.39 Å². The van der Waals surface area contributed by atoms with E-state index in [1.807, 2.05) is 0 Å². The molecule has 0 atom stereocenters. The number of H-pyrrole nitrogens is 1. The number of aryl methyl sites for hydroxylation is 1. The van der Waals surface area contributed by atoms with E-state index in [-0.39, 0.29) is 5.82 Å². The third kappa shape index (κ3) is 2.47. The van der Waals surface area contributed by atoms with E-state index in [2.05, 4.69) is 38.0 Å². The van der Waals surface area contributed by atoms with Gasteiger partial charge in [-0.25, -0.2) is 9.37 Å². The number of rotatable bonds is 3. The van der Waals surface area contributed by atoms with E-state index in [0.717, 1.165) is 18.7 Å². The van der Waals surface area contributed by atoms with Crippen LogP contribution in [0.4, 0.5) is 4.39 Å². The number of nitrogens with one attached hydrogen (secondary N) is 1. The molecule has 5 heteroatoms. The molecule has 2 aromatic rings. The predicted molar refractivity (Wildman–Crippen MR) is 63.5 cm³/mol. The Bertz CT molecular complexity index is 475. The quantitative estimate of drug-likeness (QED) is 0.939. The molecule has 1 aromatic heterocycles. The largest absolute Gasteiger partial charge is 0.263 e. The number of aromatic nitrogens is 3. The fourth-order valence-electron chi connectivity index (χ4n) is 1.46. The van der Waals surface area contributed by atoms with Gasteiger partial charge in [-0.3, -0.25) is 5.10 Å². The summed E-state index contributed by atoms with van der Waals surface area (Å²) in [6, 6.07) is 4.62. The average molecular weight is 284 g/mol. The van der Waals surface area contributed by atoms with Crippen LogP contribution in [0.1, 0.15) is 19.2 Å². The third-order valence-corrected chi connectivity index (χ3v) is 2.60. The fraction of sp³-hybridized carbons (Fsp3) is 0.273. The molecule has 0 spiro atoms. The molecule has 0 bridgehead atoms. The molecule has 3 nitrogen and oxygen atoms in total. The van der Waals surface area contributed by atoms with Crippen LogP contribution in [0.3, 0.4) is 0 Å². The summed E-state index contributed by atoms with van der Waals surface area (Å²) in [5, 5.41) is 6.91. The Morgan fingerprint density at radius 3 is 2.88 bits per heavy atom. The molecule has 0 amide bonds. The molecule has 0 saturated heterocycles. The summed E-state index contributed by atoms with van der Waals surface area (Å²) in [6.07, 6.45) is 1.85. The molecule has 0 aliphatic rings. The van der Waals surface area contributed by atoms with Gasteiger partial charge in [-0.15, -0.1) is 0 Å². The zero-order chi connectivity index (χ0) is 11.5. The highest BCUT2D eigenvalue weighted by Crippen LogP contribution is 2.21. The fourth-order valence-corrected chi connectivity index (χ4v) is 1.92. The summed E-state index contributed by atoms with van der Waals surface area (Å²) in [7, 11) is 0. The number of hydrogen-bond donors (Lipinski definition) is 1. The van der Waals surface area contributed by atoms with Gasteiger partial charge in [0.1, 0.15) is 11.6 Å². The maximum atomic E-state index is 13.2. The second-order valence-corrected chi connectivity index (χ2v) is 4.43. The first-order valence-corrected chi connectivity index (χ1v) is 5.86. The van der Waals surface area contributed by atoms with Crippen LogP contribution in [-0.2, 0) is 6.42 Å². The van der Waals surface area contributed by atoms with Crippen molar-refractivity contribution < 1.29 is 4.39 Å². The second-order valence-electron chi connectivity index (χ2n) is 3.51. The Kier molecular flexibility index (Phi) is 3.33. The SMILES string of the molecule is CCCc1nc(-c2cc(F)cc(Br)c2)n[nH]1. The Labute approximate surface area is 101 Å². The molecular weight excluding hydrogens is 273 g/mol. The summed E-state index contributed by atoms with van der Waals surface area (Å²) in [6.45, 7) is 2.07. The highest BCUT2D eigenvalue weighted by molar-refractivity contribution is 9.10. The topological polar surface area (TPSA) is 41.6 Å². The molecule has 0 fully saturated rings. The minimum Gasteiger partial charge on any atom is -0.263 e. The van der Waals surface area contributed by atoms with Gasteiger partial charge in [-0.1, -0.05) is 22.9 Å². The molecule has 1 N–H and O–H groups in total. The molecule has 0 aliphatic heterocycles. The van der Waals surface area contributed by atoms with E-state index in [1.165, 1.54) is 12.1 Å². The molecule has 0 saturated carbocycles. The van der Waals surface area contributed by atoms with Gasteiger partial charge in [-0.05, 0) is 24.6 Å². The van der Waals surface area contributed by atoms with Gasteiger partial charge >= 0.3 is 0 Å². The Morgan fingerprint density at radius 2 is 2.19 bits per heavy atom. The van der Waals surface area contributed by atoms with Gasteiger partial charge in [0.15, 0.2) is 5.82 Å². The molecule has 16 heavy (non-hydrogen) atoms. The summed E-state index contributed by atoms with van der Waals surface area (Å²) >= 11 is 3.24. The van der Waals surface area contributed by atoms with Crippen LogP contribution in [0.15, 0.2) is 22.7 Å². The minimum atomic E-state index is -0.300. The molecule has 0 aliphatic carbocycles. The maximum Gasteiger partial charge on any atom is 0.181 e. The van der Waals surface area contributed by atoms with Crippen molar-refractivity contribution in [3.8, 4) is 11.4 Å². The average Bonchev–Trinajstić information content (AvgIpc) is 2.65. The van der Waals surface area contributed by atoms with Crippen molar-refractivity contribution in [2.24, 2.45) is 0 Å². The highest BCUT2D eigenvalue weighted by Gasteiger charge is 2.07. The summed E-state index contributed by atoms with van der Waals surface area (Å²) in [5.74, 6) is 1.06. The Morgan fingerprint density at radius 1 is 1.38 bits per heavy atom. The van der Waals surface area contributed by atoms with Gasteiger partial charge in [-0.2, -0.15) is 5.10 Å². The lowest BCUT2D eigenvalue weighted by Gasteiger charge is -1.97. The van der Waals surface area contributed by atoms with E-state index < -0.39 is 0 Å². The molecule has 0 radical (unpaired) electrons. The van der Waals surface area contributed by atoms with Crippen molar-refractivity contribution in [3.05, 3.63) is 34.3 Å². The zero-order valence-electron chi connectivity index (χ0n) is 8.80. The van der Waals surface area contributed by atoms with Crippen molar-refractivity contribution in [1.82, 2.24) is 15.2 Å². The van der Waals surface area contributed by atoms with E-state index in [1.54, 1.807) is 6.07 Å². The van der Waals surface area contributed by atoms with Gasteiger partial charge in [0, 0.05) is 16.5 Å². The van der Waals surface area contributed by atoms with Crippen LogP contribution in [0.2, 0.25) is 0 Å². The molecule has 1 heterocycles. The lowest BCUT2D eigenvalue weighted by molar-refractivity contribution is 0.627. The number of halogens is 2. The number of benzene rings is 1. The molecule has 2 rings (SSSR count). The van der Waals surface area contributed by atoms with E-state index >= 15 is 0 Å². The number of nitrogens with zero attached hydrogens (tertiary/aromatic N) is 2. The van der Waals surface area contributed by atoms with Crippen LogP contribution in [-0.4, -0.2) is 15.2 Å². The smallest absolute Gasteiger partial charge is 0.181 e. The molecule has 1 aromatic carbocycles. The summed E-state index contributed by atoms with van der Waals surface area (Å²) < 4.78 is 13.9. The summed E-state index contributed by atoms with van der Waals surface area (Å²) in [4.78, 5) is 4.30. The monoisotopic (exact) mass is 283 g/mol. The molecule has 84 valence electrons. The first kappa shape index (κ1) is 11.3. The summed E-state index contributed by atoms with van der Waals surface area (Å²) in [5.41, 5.74) is 0.672. The highest BCUT2D eigenvalue weighted by atomic mass is 79.9. The van der Waals surface area contributed by atoms with Crippen LogP contribution in [0.25, 0.3) is 11.4 Å². The molecule has 0 unspecified atom stereocenters. The predicted octanol–water partition coefficient (Wildman–Crippen LogP) is 3.33.